The molecule has 0 radical (unpaired) electrons. The van der Waals surface area contributed by atoms with Crippen LogP contribution in [0.1, 0.15) is 25.0 Å². The zero-order valence-electron chi connectivity index (χ0n) is 11.0. The van der Waals surface area contributed by atoms with Crippen molar-refractivity contribution in [1.29, 1.82) is 0 Å². The summed E-state index contributed by atoms with van der Waals surface area (Å²) in [6.45, 7) is 9.70. The van der Waals surface area contributed by atoms with Crippen LogP contribution >= 0.6 is 11.8 Å². The van der Waals surface area contributed by atoms with Gasteiger partial charge < -0.3 is 10.6 Å². The van der Waals surface area contributed by atoms with E-state index < -0.39 is 0 Å². The van der Waals surface area contributed by atoms with Gasteiger partial charge in [0.1, 0.15) is 0 Å². The summed E-state index contributed by atoms with van der Waals surface area (Å²) in [6.07, 6.45) is 0. The Morgan fingerprint density at radius 3 is 2.76 bits per heavy atom. The summed E-state index contributed by atoms with van der Waals surface area (Å²) in [5.74, 6) is 1.21. The van der Waals surface area contributed by atoms with E-state index in [1.165, 1.54) is 22.6 Å². The lowest BCUT2D eigenvalue weighted by Crippen LogP contribution is -2.43. The van der Waals surface area contributed by atoms with Crippen molar-refractivity contribution < 1.29 is 0 Å². The first kappa shape index (κ1) is 12.8. The van der Waals surface area contributed by atoms with Crippen molar-refractivity contribution in [2.24, 2.45) is 5.73 Å². The highest BCUT2D eigenvalue weighted by atomic mass is 32.2. The van der Waals surface area contributed by atoms with Gasteiger partial charge in [-0.15, -0.1) is 0 Å². The molecule has 0 atom stereocenters. The summed E-state index contributed by atoms with van der Waals surface area (Å²) in [4.78, 5) is 2.49. The standard InChI is InChI=1S/C14H22N2S/c1-11-8-13(5-4-12(11)9-15)16-6-7-17-14(2,3)10-16/h4-5,8H,6-7,9-10,15H2,1-3H3. The van der Waals surface area contributed by atoms with Crippen molar-refractivity contribution in [3.8, 4) is 0 Å². The summed E-state index contributed by atoms with van der Waals surface area (Å²) in [5, 5.41) is 0. The van der Waals surface area contributed by atoms with Gasteiger partial charge in [-0.25, -0.2) is 0 Å². The Morgan fingerprint density at radius 2 is 2.18 bits per heavy atom. The average molecular weight is 250 g/mol. The van der Waals surface area contributed by atoms with Crippen LogP contribution in [0.5, 0.6) is 0 Å². The van der Waals surface area contributed by atoms with E-state index in [1.54, 1.807) is 0 Å². The third kappa shape index (κ3) is 2.96. The van der Waals surface area contributed by atoms with E-state index >= 15 is 0 Å². The maximum absolute atomic E-state index is 5.71. The van der Waals surface area contributed by atoms with Gasteiger partial charge in [0, 0.05) is 35.8 Å². The summed E-state index contributed by atoms with van der Waals surface area (Å²) >= 11 is 2.07. The molecular formula is C14H22N2S. The fourth-order valence-corrected chi connectivity index (χ4v) is 3.45. The number of anilines is 1. The van der Waals surface area contributed by atoms with Crippen molar-refractivity contribution in [3.05, 3.63) is 29.3 Å². The molecule has 1 aliphatic rings. The SMILES string of the molecule is Cc1cc(N2CCSC(C)(C)C2)ccc1CN. The molecule has 0 spiro atoms. The Kier molecular flexibility index (Phi) is 3.69. The van der Waals surface area contributed by atoms with Crippen molar-refractivity contribution in [2.45, 2.75) is 32.1 Å². The highest BCUT2D eigenvalue weighted by Crippen LogP contribution is 2.32. The number of benzene rings is 1. The Morgan fingerprint density at radius 1 is 1.41 bits per heavy atom. The molecule has 0 bridgehead atoms. The molecule has 2 nitrogen and oxygen atoms in total. The molecule has 2 rings (SSSR count). The minimum absolute atomic E-state index is 0.360. The predicted molar refractivity (Wildman–Crippen MR) is 77.8 cm³/mol. The lowest BCUT2D eigenvalue weighted by atomic mass is 10.1. The molecule has 94 valence electrons. The summed E-state index contributed by atoms with van der Waals surface area (Å²) in [7, 11) is 0. The van der Waals surface area contributed by atoms with Crippen molar-refractivity contribution >= 4 is 17.4 Å². The summed E-state index contributed by atoms with van der Waals surface area (Å²) in [6, 6.07) is 6.65. The number of aryl methyl sites for hydroxylation is 1. The zero-order valence-corrected chi connectivity index (χ0v) is 11.8. The fourth-order valence-electron chi connectivity index (χ4n) is 2.34. The molecule has 17 heavy (non-hydrogen) atoms. The first-order valence-corrected chi connectivity index (χ1v) is 7.19. The number of thioether (sulfide) groups is 1. The molecule has 0 amide bonds. The van der Waals surface area contributed by atoms with Gasteiger partial charge in [0.05, 0.1) is 0 Å². The van der Waals surface area contributed by atoms with E-state index in [9.17, 15) is 0 Å². The molecule has 1 fully saturated rings. The molecule has 1 heterocycles. The van der Waals surface area contributed by atoms with Crippen LogP contribution in [-0.4, -0.2) is 23.6 Å². The molecule has 1 aromatic carbocycles. The Labute approximate surface area is 109 Å². The highest BCUT2D eigenvalue weighted by molar-refractivity contribution is 8.00. The molecule has 1 aliphatic heterocycles. The van der Waals surface area contributed by atoms with Crippen LogP contribution in [0.3, 0.4) is 0 Å². The molecule has 0 saturated carbocycles. The smallest absolute Gasteiger partial charge is 0.0369 e. The maximum Gasteiger partial charge on any atom is 0.0369 e. The van der Waals surface area contributed by atoms with Crippen molar-refractivity contribution in [2.75, 3.05) is 23.7 Å². The molecule has 1 saturated heterocycles. The Hall–Kier alpha value is -0.670. The number of nitrogens with zero attached hydrogens (tertiary/aromatic N) is 1. The average Bonchev–Trinajstić information content (AvgIpc) is 2.27. The molecule has 2 N–H and O–H groups in total. The second-order valence-corrected chi connectivity index (χ2v) is 7.15. The van der Waals surface area contributed by atoms with Gasteiger partial charge in [-0.1, -0.05) is 6.07 Å². The minimum Gasteiger partial charge on any atom is -0.369 e. The summed E-state index contributed by atoms with van der Waals surface area (Å²) in [5.41, 5.74) is 9.60. The van der Waals surface area contributed by atoms with E-state index in [2.05, 4.69) is 55.6 Å². The molecule has 3 heteroatoms. The molecular weight excluding hydrogens is 228 g/mol. The predicted octanol–water partition coefficient (Wildman–Crippen LogP) is 2.79. The van der Waals surface area contributed by atoms with E-state index in [4.69, 9.17) is 5.73 Å². The lowest BCUT2D eigenvalue weighted by Gasteiger charge is -2.39. The monoisotopic (exact) mass is 250 g/mol. The fraction of sp³-hybridized carbons (Fsp3) is 0.571. The quantitative estimate of drug-likeness (QED) is 0.875. The van der Waals surface area contributed by atoms with Crippen LogP contribution in [0.2, 0.25) is 0 Å². The van der Waals surface area contributed by atoms with Gasteiger partial charge in [-0.05, 0) is 44.0 Å². The van der Waals surface area contributed by atoms with E-state index in [0.29, 0.717) is 11.3 Å². The lowest BCUT2D eigenvalue weighted by molar-refractivity contribution is 0.647. The zero-order chi connectivity index (χ0) is 12.5. The van der Waals surface area contributed by atoms with Crippen LogP contribution in [0.25, 0.3) is 0 Å². The topological polar surface area (TPSA) is 29.3 Å². The van der Waals surface area contributed by atoms with Crippen LogP contribution in [0.15, 0.2) is 18.2 Å². The molecule has 0 aromatic heterocycles. The van der Waals surface area contributed by atoms with E-state index in [1.807, 2.05) is 0 Å². The van der Waals surface area contributed by atoms with Gasteiger partial charge >= 0.3 is 0 Å². The van der Waals surface area contributed by atoms with Crippen LogP contribution in [0, 0.1) is 6.92 Å². The third-order valence-corrected chi connectivity index (χ3v) is 4.63. The largest absolute Gasteiger partial charge is 0.369 e. The first-order valence-electron chi connectivity index (χ1n) is 6.20. The Bertz CT molecular complexity index is 401. The number of hydrogen-bond acceptors (Lipinski definition) is 3. The number of hydrogen-bond donors (Lipinski definition) is 1. The second kappa shape index (κ2) is 4.91. The van der Waals surface area contributed by atoms with Crippen LogP contribution < -0.4 is 10.6 Å². The van der Waals surface area contributed by atoms with Crippen molar-refractivity contribution in [1.82, 2.24) is 0 Å². The molecule has 0 unspecified atom stereocenters. The van der Waals surface area contributed by atoms with Gasteiger partial charge in [-0.3, -0.25) is 0 Å². The van der Waals surface area contributed by atoms with Gasteiger partial charge in [-0.2, -0.15) is 11.8 Å². The normalized spacial score (nSPS) is 19.4. The van der Waals surface area contributed by atoms with Gasteiger partial charge in [0.2, 0.25) is 0 Å². The minimum atomic E-state index is 0.360. The van der Waals surface area contributed by atoms with Crippen molar-refractivity contribution in [3.63, 3.8) is 0 Å². The van der Waals surface area contributed by atoms with Gasteiger partial charge in [0.25, 0.3) is 0 Å². The van der Waals surface area contributed by atoms with E-state index in [0.717, 1.165) is 13.1 Å². The number of nitrogens with two attached hydrogens (primary N) is 1. The molecule has 0 aliphatic carbocycles. The summed E-state index contributed by atoms with van der Waals surface area (Å²) < 4.78 is 0.360. The number of rotatable bonds is 2. The van der Waals surface area contributed by atoms with Gasteiger partial charge in [0.15, 0.2) is 0 Å². The third-order valence-electron chi connectivity index (χ3n) is 3.34. The highest BCUT2D eigenvalue weighted by Gasteiger charge is 2.27. The maximum atomic E-state index is 5.71. The van der Waals surface area contributed by atoms with Crippen LogP contribution in [-0.2, 0) is 6.54 Å². The molecule has 1 aromatic rings. The Balaban J connectivity index is 2.19. The van der Waals surface area contributed by atoms with E-state index in [-0.39, 0.29) is 0 Å². The first-order chi connectivity index (χ1) is 8.02. The van der Waals surface area contributed by atoms with Crippen LogP contribution in [0.4, 0.5) is 5.69 Å². The second-order valence-electron chi connectivity index (χ2n) is 5.34.